The van der Waals surface area contributed by atoms with Gasteiger partial charge >= 0.3 is 0 Å². The van der Waals surface area contributed by atoms with Gasteiger partial charge in [-0.3, -0.25) is 9.78 Å². The molecule has 3 N–H and O–H groups in total. The topological polar surface area (TPSA) is 124 Å². The smallest absolute Gasteiger partial charge is 0.252 e. The highest BCUT2D eigenvalue weighted by Crippen LogP contribution is 2.38. The summed E-state index contributed by atoms with van der Waals surface area (Å²) in [6.45, 7) is 0. The number of anilines is 1. The van der Waals surface area contributed by atoms with Crippen molar-refractivity contribution in [3.05, 3.63) is 47.8 Å². The molecule has 1 amide bonds. The summed E-state index contributed by atoms with van der Waals surface area (Å²) in [6, 6.07) is 10.6. The monoisotopic (exact) mass is 501 g/mol. The molecule has 0 saturated heterocycles. The van der Waals surface area contributed by atoms with Gasteiger partial charge in [-0.1, -0.05) is 0 Å². The minimum atomic E-state index is -0.505. The number of hydrogen-bond acceptors (Lipinski definition) is 7. The van der Waals surface area contributed by atoms with Gasteiger partial charge in [0.25, 0.3) is 5.91 Å². The summed E-state index contributed by atoms with van der Waals surface area (Å²) < 4.78 is 1.76. The molecular weight excluding hydrogens is 466 g/mol. The Morgan fingerprint density at radius 3 is 2.51 bits per heavy atom. The Labute approximate surface area is 217 Å². The van der Waals surface area contributed by atoms with Crippen LogP contribution in [0.4, 0.5) is 5.69 Å². The van der Waals surface area contributed by atoms with Crippen molar-refractivity contribution in [2.45, 2.75) is 75.6 Å². The van der Waals surface area contributed by atoms with Crippen molar-refractivity contribution in [1.82, 2.24) is 19.5 Å². The van der Waals surface area contributed by atoms with Gasteiger partial charge in [-0.25, -0.2) is 4.52 Å². The second kappa shape index (κ2) is 10.5. The fraction of sp³-hybridized carbons (Fsp3) is 0.500. The third-order valence-corrected chi connectivity index (χ3v) is 8.12. The van der Waals surface area contributed by atoms with Crippen LogP contribution in [0.5, 0.6) is 0 Å². The Morgan fingerprint density at radius 2 is 1.84 bits per heavy atom. The van der Waals surface area contributed by atoms with Crippen LogP contribution in [0.2, 0.25) is 0 Å². The number of fused-ring (bicyclic) bond motifs is 1. The molecule has 0 unspecified atom stereocenters. The standard InChI is InChI=1S/C28H35N7O2/c1-33(2)19-6-8-20(9-7-19)34(21-4-3-5-23(36)13-21)27-14-25(31-17-24(27)28(30)37)26-11-10-22-12-18(15-29)16-32-35(22)26/h10-12,14,16-17,19-21,23,36H,3-9,13H2,1-2H3,(H2,30,37)/t19?,20?,21-,23+/m0/s1. The van der Waals surface area contributed by atoms with Gasteiger partial charge in [0.05, 0.1) is 46.0 Å². The van der Waals surface area contributed by atoms with Crippen LogP contribution in [0, 0.1) is 11.3 Å². The van der Waals surface area contributed by atoms with Crippen LogP contribution in [-0.2, 0) is 0 Å². The summed E-state index contributed by atoms with van der Waals surface area (Å²) in [4.78, 5) is 21.9. The van der Waals surface area contributed by atoms with Crippen LogP contribution in [0.3, 0.4) is 0 Å². The number of nitrogens with two attached hydrogens (primary N) is 1. The van der Waals surface area contributed by atoms with E-state index in [1.807, 2.05) is 18.2 Å². The number of carbonyl (C=O) groups is 1. The molecule has 3 heterocycles. The fourth-order valence-electron chi connectivity index (χ4n) is 6.18. The Morgan fingerprint density at radius 1 is 1.08 bits per heavy atom. The highest BCUT2D eigenvalue weighted by molar-refractivity contribution is 5.99. The van der Waals surface area contributed by atoms with E-state index in [0.717, 1.165) is 61.8 Å². The Hall–Kier alpha value is -3.48. The van der Waals surface area contributed by atoms with Crippen molar-refractivity contribution < 1.29 is 9.90 Å². The van der Waals surface area contributed by atoms with E-state index in [1.165, 1.54) is 6.20 Å². The van der Waals surface area contributed by atoms with Gasteiger partial charge in [0.1, 0.15) is 6.07 Å². The summed E-state index contributed by atoms with van der Waals surface area (Å²) >= 11 is 0. The Kier molecular flexibility index (Phi) is 7.13. The van der Waals surface area contributed by atoms with Crippen molar-refractivity contribution in [2.75, 3.05) is 19.0 Å². The quantitative estimate of drug-likeness (QED) is 0.531. The molecule has 9 nitrogen and oxygen atoms in total. The molecule has 2 aliphatic carbocycles. The molecule has 9 heteroatoms. The first kappa shape index (κ1) is 25.2. The second-order valence-electron chi connectivity index (χ2n) is 10.7. The number of nitrogens with zero attached hydrogens (tertiary/aromatic N) is 6. The van der Waals surface area contributed by atoms with Crippen LogP contribution in [-0.4, -0.2) is 68.8 Å². The molecule has 3 aromatic heterocycles. The van der Waals surface area contributed by atoms with Crippen molar-refractivity contribution >= 4 is 17.1 Å². The number of aliphatic hydroxyl groups is 1. The maximum absolute atomic E-state index is 12.6. The predicted molar refractivity (Wildman–Crippen MR) is 142 cm³/mol. The highest BCUT2D eigenvalue weighted by Gasteiger charge is 2.35. The van der Waals surface area contributed by atoms with Crippen molar-refractivity contribution in [2.24, 2.45) is 5.73 Å². The molecule has 2 aliphatic rings. The lowest BCUT2D eigenvalue weighted by Gasteiger charge is -2.46. The van der Waals surface area contributed by atoms with E-state index in [2.05, 4.69) is 40.0 Å². The Bertz CT molecular complexity index is 1320. The molecule has 3 aromatic rings. The molecule has 37 heavy (non-hydrogen) atoms. The van der Waals surface area contributed by atoms with Crippen LogP contribution >= 0.6 is 0 Å². The first-order valence-corrected chi connectivity index (χ1v) is 13.2. The zero-order chi connectivity index (χ0) is 26.1. The van der Waals surface area contributed by atoms with Gasteiger partial charge < -0.3 is 20.6 Å². The number of aromatic nitrogens is 3. The molecule has 5 rings (SSSR count). The first-order chi connectivity index (χ1) is 17.9. The number of hydrogen-bond donors (Lipinski definition) is 2. The minimum absolute atomic E-state index is 0.123. The fourth-order valence-corrected chi connectivity index (χ4v) is 6.18. The number of rotatable bonds is 6. The van der Waals surface area contributed by atoms with Gasteiger partial charge in [0.2, 0.25) is 0 Å². The molecule has 0 radical (unpaired) electrons. The van der Waals surface area contributed by atoms with Crippen LogP contribution < -0.4 is 10.6 Å². The van der Waals surface area contributed by atoms with Gasteiger partial charge in [0, 0.05) is 24.3 Å². The Balaban J connectivity index is 1.59. The van der Waals surface area contributed by atoms with E-state index >= 15 is 0 Å². The number of carbonyl (C=O) groups excluding carboxylic acids is 1. The van der Waals surface area contributed by atoms with Crippen LogP contribution in [0.15, 0.2) is 36.7 Å². The zero-order valence-electron chi connectivity index (χ0n) is 21.5. The van der Waals surface area contributed by atoms with Crippen molar-refractivity contribution in [1.29, 1.82) is 5.26 Å². The van der Waals surface area contributed by atoms with Gasteiger partial charge in [0.15, 0.2) is 0 Å². The summed E-state index contributed by atoms with van der Waals surface area (Å²) in [5.41, 5.74) is 9.81. The third-order valence-electron chi connectivity index (χ3n) is 8.12. The summed E-state index contributed by atoms with van der Waals surface area (Å²) in [7, 11) is 4.27. The van der Waals surface area contributed by atoms with Crippen LogP contribution in [0.1, 0.15) is 67.3 Å². The lowest BCUT2D eigenvalue weighted by Crippen LogP contribution is -2.50. The molecule has 0 aliphatic heterocycles. The van der Waals surface area contributed by atoms with Gasteiger partial charge in [-0.15, -0.1) is 0 Å². The minimum Gasteiger partial charge on any atom is -0.393 e. The maximum Gasteiger partial charge on any atom is 0.252 e. The van der Waals surface area contributed by atoms with Gasteiger partial charge in [-0.2, -0.15) is 10.4 Å². The number of amides is 1. The molecule has 0 aromatic carbocycles. The van der Waals surface area contributed by atoms with Crippen molar-refractivity contribution in [3.8, 4) is 17.5 Å². The SMILES string of the molecule is CN(C)C1CCC(N(c2cc(-c3ccc4cc(C#N)cnn34)ncc2C(N)=O)[C@H]2CCC[C@@H](O)C2)CC1. The first-order valence-electron chi connectivity index (χ1n) is 13.2. The molecule has 2 fully saturated rings. The average Bonchev–Trinajstić information content (AvgIpc) is 3.32. The average molecular weight is 502 g/mol. The molecule has 2 atom stereocenters. The molecule has 194 valence electrons. The van der Waals surface area contributed by atoms with E-state index in [-0.39, 0.29) is 18.2 Å². The van der Waals surface area contributed by atoms with E-state index in [1.54, 1.807) is 16.8 Å². The maximum atomic E-state index is 12.6. The van der Waals surface area contributed by atoms with E-state index in [0.29, 0.717) is 29.3 Å². The van der Waals surface area contributed by atoms with Crippen LogP contribution in [0.25, 0.3) is 16.9 Å². The number of primary amides is 1. The zero-order valence-corrected chi connectivity index (χ0v) is 21.5. The lowest BCUT2D eigenvalue weighted by molar-refractivity contribution is 0.0999. The number of aliphatic hydroxyl groups excluding tert-OH is 1. The molecular formula is C28H35N7O2. The van der Waals surface area contributed by atoms with E-state index < -0.39 is 5.91 Å². The summed E-state index contributed by atoms with van der Waals surface area (Å²) in [6.07, 6.45) is 10.4. The molecule has 2 saturated carbocycles. The normalized spacial score (nSPS) is 24.2. The van der Waals surface area contributed by atoms with Crippen molar-refractivity contribution in [3.63, 3.8) is 0 Å². The van der Waals surface area contributed by atoms with E-state index in [9.17, 15) is 15.2 Å². The number of nitriles is 1. The van der Waals surface area contributed by atoms with Gasteiger partial charge in [-0.05, 0) is 89.7 Å². The third kappa shape index (κ3) is 5.04. The summed E-state index contributed by atoms with van der Waals surface area (Å²) in [5, 5.41) is 24.2. The molecule has 0 bridgehead atoms. The number of pyridine rings is 1. The van der Waals surface area contributed by atoms with E-state index in [4.69, 9.17) is 5.73 Å². The summed E-state index contributed by atoms with van der Waals surface area (Å²) in [5.74, 6) is -0.505. The highest BCUT2D eigenvalue weighted by atomic mass is 16.3. The largest absolute Gasteiger partial charge is 0.393 e. The lowest BCUT2D eigenvalue weighted by atomic mass is 9.85. The molecule has 0 spiro atoms. The second-order valence-corrected chi connectivity index (χ2v) is 10.7. The predicted octanol–water partition coefficient (Wildman–Crippen LogP) is 3.35.